The molecule has 3 heteroatoms. The molecule has 0 bridgehead atoms. The lowest BCUT2D eigenvalue weighted by atomic mass is 9.74. The Labute approximate surface area is 84.1 Å². The first-order valence-electron chi connectivity index (χ1n) is 5.04. The molecule has 14 heavy (non-hydrogen) atoms. The van der Waals surface area contributed by atoms with Gasteiger partial charge in [0.05, 0.1) is 13.2 Å². The minimum Gasteiger partial charge on any atom is -0.344 e. The molecule has 3 nitrogen and oxygen atoms in total. The second kappa shape index (κ2) is 3.17. The van der Waals surface area contributed by atoms with E-state index in [2.05, 4.69) is 0 Å². The summed E-state index contributed by atoms with van der Waals surface area (Å²) in [6.07, 6.45) is 4.58. The van der Waals surface area contributed by atoms with E-state index >= 15 is 0 Å². The third kappa shape index (κ3) is 1.41. The van der Waals surface area contributed by atoms with Crippen LogP contribution in [0.15, 0.2) is 11.6 Å². The fourth-order valence-corrected chi connectivity index (χ4v) is 2.05. The zero-order valence-corrected chi connectivity index (χ0v) is 8.71. The Morgan fingerprint density at radius 3 is 2.50 bits per heavy atom. The molecule has 1 aliphatic heterocycles. The van der Waals surface area contributed by atoms with Gasteiger partial charge in [-0.25, -0.2) is 0 Å². The number of hydrogen-bond acceptors (Lipinski definition) is 3. The molecule has 78 valence electrons. The van der Waals surface area contributed by atoms with Crippen LogP contribution in [0.1, 0.15) is 26.7 Å². The van der Waals surface area contributed by atoms with Crippen LogP contribution in [0.25, 0.3) is 0 Å². The van der Waals surface area contributed by atoms with Gasteiger partial charge < -0.3 is 14.3 Å². The first-order chi connectivity index (χ1) is 6.60. The second-order valence-electron chi connectivity index (χ2n) is 4.37. The van der Waals surface area contributed by atoms with Crippen LogP contribution in [0.2, 0.25) is 0 Å². The minimum atomic E-state index is -0.521. The summed E-state index contributed by atoms with van der Waals surface area (Å²) in [7, 11) is 0. The van der Waals surface area contributed by atoms with Crippen molar-refractivity contribution in [1.82, 2.24) is 0 Å². The largest absolute Gasteiger partial charge is 0.344 e. The van der Waals surface area contributed by atoms with Gasteiger partial charge in [0, 0.05) is 11.8 Å². The predicted molar refractivity (Wildman–Crippen MR) is 51.8 cm³/mol. The molecule has 0 saturated carbocycles. The molecular formula is C11H16O3. The lowest BCUT2D eigenvalue weighted by Gasteiger charge is -2.36. The van der Waals surface area contributed by atoms with E-state index in [-0.39, 0.29) is 5.41 Å². The summed E-state index contributed by atoms with van der Waals surface area (Å²) in [6, 6.07) is 0. The van der Waals surface area contributed by atoms with Gasteiger partial charge in [0.25, 0.3) is 0 Å². The van der Waals surface area contributed by atoms with Gasteiger partial charge in [-0.05, 0) is 26.3 Å². The average Bonchev–Trinajstić information content (AvgIpc) is 2.62. The van der Waals surface area contributed by atoms with Crippen molar-refractivity contribution >= 4 is 6.29 Å². The van der Waals surface area contributed by atoms with Crippen molar-refractivity contribution in [1.29, 1.82) is 0 Å². The molecule has 1 unspecified atom stereocenters. The van der Waals surface area contributed by atoms with E-state index < -0.39 is 5.79 Å². The lowest BCUT2D eigenvalue weighted by Crippen LogP contribution is -2.37. The van der Waals surface area contributed by atoms with Crippen molar-refractivity contribution in [3.63, 3.8) is 0 Å². The van der Waals surface area contributed by atoms with Gasteiger partial charge >= 0.3 is 0 Å². The number of aldehydes is 1. The molecular weight excluding hydrogens is 180 g/mol. The number of allylic oxidation sites excluding steroid dienone is 1. The van der Waals surface area contributed by atoms with Gasteiger partial charge in [0.15, 0.2) is 5.79 Å². The third-order valence-corrected chi connectivity index (χ3v) is 3.37. The summed E-state index contributed by atoms with van der Waals surface area (Å²) in [4.78, 5) is 11.0. The second-order valence-corrected chi connectivity index (χ2v) is 4.37. The van der Waals surface area contributed by atoms with Crippen molar-refractivity contribution in [2.45, 2.75) is 32.5 Å². The maximum absolute atomic E-state index is 11.0. The highest BCUT2D eigenvalue weighted by Crippen LogP contribution is 2.42. The third-order valence-electron chi connectivity index (χ3n) is 3.37. The summed E-state index contributed by atoms with van der Waals surface area (Å²) >= 11 is 0. The first kappa shape index (κ1) is 9.87. The number of rotatable bonds is 1. The molecule has 0 radical (unpaired) electrons. The molecule has 2 aliphatic rings. The van der Waals surface area contributed by atoms with Gasteiger partial charge in [0.1, 0.15) is 6.29 Å². The normalized spacial score (nSPS) is 35.7. The fourth-order valence-electron chi connectivity index (χ4n) is 2.05. The number of carbonyl (C=O) groups excluding carboxylic acids is 1. The van der Waals surface area contributed by atoms with E-state index in [4.69, 9.17) is 9.47 Å². The van der Waals surface area contributed by atoms with Gasteiger partial charge in [-0.1, -0.05) is 5.57 Å². The zero-order valence-electron chi connectivity index (χ0n) is 8.71. The molecule has 0 N–H and O–H groups in total. The summed E-state index contributed by atoms with van der Waals surface area (Å²) in [5.41, 5.74) is 0.737. The molecule has 1 spiro atoms. The van der Waals surface area contributed by atoms with Gasteiger partial charge in [-0.3, -0.25) is 0 Å². The zero-order chi connectivity index (χ0) is 10.2. The van der Waals surface area contributed by atoms with Gasteiger partial charge in [0.2, 0.25) is 0 Å². The van der Waals surface area contributed by atoms with Crippen molar-refractivity contribution in [2.24, 2.45) is 5.41 Å². The predicted octanol–water partition coefficient (Wildman–Crippen LogP) is 1.67. The van der Waals surface area contributed by atoms with Crippen molar-refractivity contribution in [2.75, 3.05) is 13.2 Å². The Morgan fingerprint density at radius 1 is 1.36 bits per heavy atom. The Bertz CT molecular complexity index is 276. The molecule has 0 aromatic heterocycles. The van der Waals surface area contributed by atoms with E-state index in [0.717, 1.165) is 24.7 Å². The highest BCUT2D eigenvalue weighted by atomic mass is 16.7. The summed E-state index contributed by atoms with van der Waals surface area (Å²) < 4.78 is 11.2. The van der Waals surface area contributed by atoms with E-state index in [1.807, 2.05) is 19.9 Å². The highest BCUT2D eigenvalue weighted by molar-refractivity contribution is 5.64. The number of carbonyl (C=O) groups is 1. The summed E-state index contributed by atoms with van der Waals surface area (Å²) in [6.45, 7) is 5.25. The van der Waals surface area contributed by atoms with E-state index in [1.54, 1.807) is 0 Å². The van der Waals surface area contributed by atoms with Crippen LogP contribution in [0.4, 0.5) is 0 Å². The Balaban J connectivity index is 2.27. The SMILES string of the molecule is CC1=CC2(CCC1(C)C=O)OCCO2. The van der Waals surface area contributed by atoms with Crippen LogP contribution in [-0.4, -0.2) is 25.3 Å². The molecule has 2 rings (SSSR count). The highest BCUT2D eigenvalue weighted by Gasteiger charge is 2.42. The van der Waals surface area contributed by atoms with Crippen LogP contribution in [-0.2, 0) is 14.3 Å². The van der Waals surface area contributed by atoms with Crippen LogP contribution < -0.4 is 0 Å². The molecule has 1 fully saturated rings. The quantitative estimate of drug-likeness (QED) is 0.473. The van der Waals surface area contributed by atoms with Gasteiger partial charge in [-0.15, -0.1) is 0 Å². The van der Waals surface area contributed by atoms with Crippen LogP contribution >= 0.6 is 0 Å². The number of ether oxygens (including phenoxy) is 2. The molecule has 1 atom stereocenters. The van der Waals surface area contributed by atoms with Gasteiger partial charge in [-0.2, -0.15) is 0 Å². The number of hydrogen-bond donors (Lipinski definition) is 0. The van der Waals surface area contributed by atoms with Crippen molar-refractivity contribution in [3.05, 3.63) is 11.6 Å². The average molecular weight is 196 g/mol. The fraction of sp³-hybridized carbons (Fsp3) is 0.727. The monoisotopic (exact) mass is 196 g/mol. The molecule has 0 aromatic rings. The molecule has 0 aromatic carbocycles. The van der Waals surface area contributed by atoms with Crippen LogP contribution in [0.3, 0.4) is 0 Å². The van der Waals surface area contributed by atoms with E-state index in [0.29, 0.717) is 13.2 Å². The van der Waals surface area contributed by atoms with Crippen LogP contribution in [0, 0.1) is 5.41 Å². The van der Waals surface area contributed by atoms with Crippen molar-refractivity contribution < 1.29 is 14.3 Å². The topological polar surface area (TPSA) is 35.5 Å². The maximum Gasteiger partial charge on any atom is 0.188 e. The first-order valence-corrected chi connectivity index (χ1v) is 5.04. The Hall–Kier alpha value is -0.670. The molecule has 1 aliphatic carbocycles. The van der Waals surface area contributed by atoms with Crippen molar-refractivity contribution in [3.8, 4) is 0 Å². The van der Waals surface area contributed by atoms with E-state index in [1.165, 1.54) is 0 Å². The minimum absolute atomic E-state index is 0.319. The summed E-state index contributed by atoms with van der Waals surface area (Å²) in [5.74, 6) is -0.521. The lowest BCUT2D eigenvalue weighted by molar-refractivity contribution is -0.136. The Kier molecular flexibility index (Phi) is 2.24. The standard InChI is InChI=1S/C11H16O3/c1-9-7-11(13-5-6-14-11)4-3-10(9,2)8-12/h7-8H,3-6H2,1-2H3. The van der Waals surface area contributed by atoms with Crippen LogP contribution in [0.5, 0.6) is 0 Å². The Morgan fingerprint density at radius 2 is 2.00 bits per heavy atom. The molecule has 1 heterocycles. The maximum atomic E-state index is 11.0. The van der Waals surface area contributed by atoms with E-state index in [9.17, 15) is 4.79 Å². The summed E-state index contributed by atoms with van der Waals surface area (Å²) in [5, 5.41) is 0. The smallest absolute Gasteiger partial charge is 0.188 e. The molecule has 1 saturated heterocycles. The molecule has 0 amide bonds.